The van der Waals surface area contributed by atoms with E-state index in [1.54, 1.807) is 42.5 Å². The van der Waals surface area contributed by atoms with Crippen LogP contribution in [0.3, 0.4) is 0 Å². The van der Waals surface area contributed by atoms with Gasteiger partial charge < -0.3 is 4.74 Å². The Bertz CT molecular complexity index is 999. The van der Waals surface area contributed by atoms with Gasteiger partial charge >= 0.3 is 0 Å². The summed E-state index contributed by atoms with van der Waals surface area (Å²) in [4.78, 5) is 4.80. The standard InChI is InChI=1S/C17H13Cl2NO3S2/c1-25(21,22)14-5-2-11(3-6-14)17-20-13(10-24-17)9-23-16-7-4-12(18)8-15(16)19/h2-8,10H,9H2,1H3. The van der Waals surface area contributed by atoms with E-state index in [0.717, 1.165) is 16.3 Å². The second-order valence-corrected chi connectivity index (χ2v) is 9.02. The Morgan fingerprint density at radius 3 is 2.48 bits per heavy atom. The Hall–Kier alpha value is -1.60. The molecule has 0 radical (unpaired) electrons. The third kappa shape index (κ3) is 4.52. The molecule has 0 aliphatic heterocycles. The highest BCUT2D eigenvalue weighted by Crippen LogP contribution is 2.29. The molecule has 2 aromatic carbocycles. The molecule has 0 unspecified atom stereocenters. The topological polar surface area (TPSA) is 56.3 Å². The van der Waals surface area contributed by atoms with E-state index in [1.807, 2.05) is 5.38 Å². The smallest absolute Gasteiger partial charge is 0.175 e. The first kappa shape index (κ1) is 18.2. The predicted molar refractivity (Wildman–Crippen MR) is 101 cm³/mol. The number of thiazole rings is 1. The van der Waals surface area contributed by atoms with Crippen molar-refractivity contribution in [3.05, 3.63) is 63.6 Å². The lowest BCUT2D eigenvalue weighted by Crippen LogP contribution is -1.97. The normalized spacial score (nSPS) is 11.5. The second-order valence-electron chi connectivity index (χ2n) is 5.30. The highest BCUT2D eigenvalue weighted by molar-refractivity contribution is 7.90. The molecule has 0 fully saturated rings. The molecule has 3 aromatic rings. The number of halogens is 2. The number of hydrogen-bond donors (Lipinski definition) is 0. The van der Waals surface area contributed by atoms with Crippen molar-refractivity contribution < 1.29 is 13.2 Å². The van der Waals surface area contributed by atoms with Gasteiger partial charge in [-0.25, -0.2) is 13.4 Å². The summed E-state index contributed by atoms with van der Waals surface area (Å²) in [5.41, 5.74) is 1.62. The monoisotopic (exact) mass is 413 g/mol. The fourth-order valence-corrected chi connectivity index (χ4v) is 4.00. The minimum Gasteiger partial charge on any atom is -0.486 e. The van der Waals surface area contributed by atoms with Crippen LogP contribution in [0.5, 0.6) is 5.75 Å². The molecule has 25 heavy (non-hydrogen) atoms. The second kappa shape index (κ2) is 7.33. The van der Waals surface area contributed by atoms with Gasteiger partial charge in [-0.05, 0) is 30.3 Å². The zero-order valence-corrected chi connectivity index (χ0v) is 16.2. The van der Waals surface area contributed by atoms with Crippen LogP contribution in [0.2, 0.25) is 10.0 Å². The van der Waals surface area contributed by atoms with Crippen molar-refractivity contribution in [2.75, 3.05) is 6.26 Å². The highest BCUT2D eigenvalue weighted by Gasteiger charge is 2.10. The van der Waals surface area contributed by atoms with Crippen LogP contribution in [0, 0.1) is 0 Å². The van der Waals surface area contributed by atoms with Crippen LogP contribution in [0.4, 0.5) is 0 Å². The largest absolute Gasteiger partial charge is 0.486 e. The third-order valence-electron chi connectivity index (χ3n) is 3.35. The summed E-state index contributed by atoms with van der Waals surface area (Å²) in [5.74, 6) is 0.540. The maximum atomic E-state index is 11.5. The molecular formula is C17H13Cl2NO3S2. The summed E-state index contributed by atoms with van der Waals surface area (Å²) in [6, 6.07) is 11.7. The van der Waals surface area contributed by atoms with E-state index >= 15 is 0 Å². The lowest BCUT2D eigenvalue weighted by atomic mass is 10.2. The van der Waals surface area contributed by atoms with Crippen LogP contribution in [0.1, 0.15) is 5.69 Å². The van der Waals surface area contributed by atoms with Crippen molar-refractivity contribution in [2.45, 2.75) is 11.5 Å². The van der Waals surface area contributed by atoms with Gasteiger partial charge in [-0.2, -0.15) is 0 Å². The van der Waals surface area contributed by atoms with Gasteiger partial charge in [0, 0.05) is 22.2 Å². The van der Waals surface area contributed by atoms with Crippen LogP contribution in [-0.4, -0.2) is 19.7 Å². The van der Waals surface area contributed by atoms with Crippen molar-refractivity contribution >= 4 is 44.4 Å². The molecule has 0 bridgehead atoms. The van der Waals surface area contributed by atoms with Crippen LogP contribution in [0.25, 0.3) is 10.6 Å². The van der Waals surface area contributed by atoms with E-state index in [2.05, 4.69) is 4.98 Å². The zero-order valence-electron chi connectivity index (χ0n) is 13.1. The van der Waals surface area contributed by atoms with E-state index in [1.165, 1.54) is 17.6 Å². The van der Waals surface area contributed by atoms with Crippen LogP contribution >= 0.6 is 34.5 Å². The molecule has 0 aliphatic carbocycles. The first-order valence-corrected chi connectivity index (χ1v) is 10.7. The van der Waals surface area contributed by atoms with E-state index < -0.39 is 9.84 Å². The Morgan fingerprint density at radius 2 is 1.84 bits per heavy atom. The van der Waals surface area contributed by atoms with Gasteiger partial charge in [0.25, 0.3) is 0 Å². The molecule has 0 saturated carbocycles. The molecule has 0 atom stereocenters. The van der Waals surface area contributed by atoms with E-state index in [0.29, 0.717) is 15.8 Å². The van der Waals surface area contributed by atoms with Gasteiger partial charge in [-0.15, -0.1) is 11.3 Å². The van der Waals surface area contributed by atoms with Crippen LogP contribution in [0.15, 0.2) is 52.7 Å². The van der Waals surface area contributed by atoms with Crippen molar-refractivity contribution in [1.29, 1.82) is 0 Å². The molecule has 8 heteroatoms. The van der Waals surface area contributed by atoms with Gasteiger partial charge in [0.2, 0.25) is 0 Å². The van der Waals surface area contributed by atoms with Crippen molar-refractivity contribution in [2.24, 2.45) is 0 Å². The molecule has 0 saturated heterocycles. The van der Waals surface area contributed by atoms with E-state index in [9.17, 15) is 8.42 Å². The Morgan fingerprint density at radius 1 is 1.12 bits per heavy atom. The number of aromatic nitrogens is 1. The molecule has 0 spiro atoms. The summed E-state index contributed by atoms with van der Waals surface area (Å²) in [5, 5.41) is 3.68. The molecule has 1 heterocycles. The molecule has 1 aromatic heterocycles. The van der Waals surface area contributed by atoms with Crippen molar-refractivity contribution in [1.82, 2.24) is 4.98 Å². The first-order valence-electron chi connectivity index (χ1n) is 7.16. The first-order chi connectivity index (χ1) is 11.8. The Labute approximate surface area is 159 Å². The number of rotatable bonds is 5. The molecule has 0 amide bonds. The van der Waals surface area contributed by atoms with Gasteiger partial charge in [-0.3, -0.25) is 0 Å². The molecule has 4 nitrogen and oxygen atoms in total. The van der Waals surface area contributed by atoms with E-state index in [4.69, 9.17) is 27.9 Å². The van der Waals surface area contributed by atoms with Crippen molar-refractivity contribution in [3.8, 4) is 16.3 Å². The minimum absolute atomic E-state index is 0.277. The summed E-state index contributed by atoms with van der Waals surface area (Å²) in [6.45, 7) is 0.277. The third-order valence-corrected chi connectivity index (χ3v) is 5.95. The predicted octanol–water partition coefficient (Wildman–Crippen LogP) is 5.10. The quantitative estimate of drug-likeness (QED) is 0.583. The molecule has 0 aliphatic rings. The fourth-order valence-electron chi connectivity index (χ4n) is 2.09. The van der Waals surface area contributed by atoms with Gasteiger partial charge in [0.05, 0.1) is 15.6 Å². The van der Waals surface area contributed by atoms with Crippen molar-refractivity contribution in [3.63, 3.8) is 0 Å². The lowest BCUT2D eigenvalue weighted by molar-refractivity contribution is 0.302. The fraction of sp³-hybridized carbons (Fsp3) is 0.118. The number of hydrogen-bond acceptors (Lipinski definition) is 5. The molecule has 3 rings (SSSR count). The Kier molecular flexibility index (Phi) is 5.34. The van der Waals surface area contributed by atoms with Gasteiger partial charge in [0.1, 0.15) is 17.4 Å². The summed E-state index contributed by atoms with van der Waals surface area (Å²) < 4.78 is 28.7. The van der Waals surface area contributed by atoms with Gasteiger partial charge in [0.15, 0.2) is 9.84 Å². The van der Waals surface area contributed by atoms with Crippen LogP contribution in [-0.2, 0) is 16.4 Å². The van der Waals surface area contributed by atoms with E-state index in [-0.39, 0.29) is 11.5 Å². The molecular weight excluding hydrogens is 401 g/mol. The average molecular weight is 414 g/mol. The summed E-state index contributed by atoms with van der Waals surface area (Å²) >= 11 is 13.4. The lowest BCUT2D eigenvalue weighted by Gasteiger charge is -2.06. The number of nitrogens with zero attached hydrogens (tertiary/aromatic N) is 1. The zero-order chi connectivity index (χ0) is 18.0. The molecule has 130 valence electrons. The Balaban J connectivity index is 1.72. The minimum atomic E-state index is -3.20. The number of benzene rings is 2. The highest BCUT2D eigenvalue weighted by atomic mass is 35.5. The number of sulfone groups is 1. The van der Waals surface area contributed by atoms with Crippen LogP contribution < -0.4 is 4.74 Å². The molecule has 0 N–H and O–H groups in total. The summed E-state index contributed by atoms with van der Waals surface area (Å²) in [7, 11) is -3.20. The van der Waals surface area contributed by atoms with Gasteiger partial charge in [-0.1, -0.05) is 35.3 Å². The maximum Gasteiger partial charge on any atom is 0.175 e. The SMILES string of the molecule is CS(=O)(=O)c1ccc(-c2nc(COc3ccc(Cl)cc3Cl)cs2)cc1. The average Bonchev–Trinajstić information content (AvgIpc) is 3.02. The summed E-state index contributed by atoms with van der Waals surface area (Å²) in [6.07, 6.45) is 1.18. The maximum absolute atomic E-state index is 11.5. The number of ether oxygens (including phenoxy) is 1.